The van der Waals surface area contributed by atoms with Crippen LogP contribution in [0.2, 0.25) is 0 Å². The molecule has 0 aliphatic carbocycles. The maximum absolute atomic E-state index is 12.1. The average molecular weight is 865 g/mol. The van der Waals surface area contributed by atoms with E-state index in [0.717, 1.165) is 43.1 Å². The van der Waals surface area contributed by atoms with Crippen molar-refractivity contribution in [1.29, 1.82) is 0 Å². The monoisotopic (exact) mass is 865 g/mol. The number of rotatable bonds is 40. The molecule has 0 bridgehead atoms. The van der Waals surface area contributed by atoms with Gasteiger partial charge in [-0.25, -0.2) is 9.59 Å². The standard InChI is InChI=1S/C52H88N4O6/c1-3-5-7-9-17-23-31-47(33-25-19-13-11-15-21-27-40-54-51(57)61-43-45-36-38-49(53)39-37-45)48(32-24-18-10-8-6-4-2)34-26-20-14-12-16-22-28-41-55-52(58)62-44-46-30-29-35-50(42-46)56(59)60/h29-30,35-39,42,47-48H,3-28,31-34,40-41,43-44,53H2,1-2H3,(H,54,57)(H,55,58). The maximum Gasteiger partial charge on any atom is 0.407 e. The van der Waals surface area contributed by atoms with Crippen molar-refractivity contribution in [2.24, 2.45) is 11.8 Å². The van der Waals surface area contributed by atoms with Crippen LogP contribution < -0.4 is 16.4 Å². The highest BCUT2D eigenvalue weighted by molar-refractivity contribution is 5.67. The lowest BCUT2D eigenvalue weighted by atomic mass is 9.78. The summed E-state index contributed by atoms with van der Waals surface area (Å²) in [6.45, 7) is 6.13. The zero-order valence-corrected chi connectivity index (χ0v) is 39.3. The number of carbonyl (C=O) groups excluding carboxylic acids is 2. The molecule has 0 fully saturated rings. The largest absolute Gasteiger partial charge is 0.445 e. The number of anilines is 1. The predicted octanol–water partition coefficient (Wildman–Crippen LogP) is 15.3. The Balaban J connectivity index is 1.68. The Kier molecular flexibility index (Phi) is 33.0. The fraction of sp³-hybridized carbons (Fsp3) is 0.731. The minimum Gasteiger partial charge on any atom is -0.445 e. The second kappa shape index (κ2) is 37.7. The smallest absolute Gasteiger partial charge is 0.407 e. The van der Waals surface area contributed by atoms with Crippen LogP contribution >= 0.6 is 0 Å². The highest BCUT2D eigenvalue weighted by Gasteiger charge is 2.21. The number of nitrogens with zero attached hydrogens (tertiary/aromatic N) is 1. The summed E-state index contributed by atoms with van der Waals surface area (Å²) in [7, 11) is 0. The van der Waals surface area contributed by atoms with E-state index in [9.17, 15) is 19.7 Å². The van der Waals surface area contributed by atoms with Gasteiger partial charge in [-0.1, -0.05) is 218 Å². The van der Waals surface area contributed by atoms with Crippen molar-refractivity contribution in [2.45, 2.75) is 220 Å². The van der Waals surface area contributed by atoms with Crippen LogP contribution in [0.3, 0.4) is 0 Å². The predicted molar refractivity (Wildman–Crippen MR) is 257 cm³/mol. The zero-order valence-electron chi connectivity index (χ0n) is 39.3. The normalized spacial score (nSPS) is 12.2. The Morgan fingerprint density at radius 1 is 0.532 bits per heavy atom. The van der Waals surface area contributed by atoms with E-state index in [1.54, 1.807) is 12.1 Å². The number of non-ortho nitro benzene ring substituents is 1. The van der Waals surface area contributed by atoms with Crippen LogP contribution in [0, 0.1) is 22.0 Å². The molecular weight excluding hydrogens is 777 g/mol. The topological polar surface area (TPSA) is 146 Å². The van der Waals surface area contributed by atoms with Gasteiger partial charge < -0.3 is 25.8 Å². The number of unbranched alkanes of at least 4 members (excludes halogenated alkanes) is 22. The van der Waals surface area contributed by atoms with E-state index in [1.165, 1.54) is 179 Å². The summed E-state index contributed by atoms with van der Waals surface area (Å²) in [5.74, 6) is 1.73. The van der Waals surface area contributed by atoms with Crippen LogP contribution in [-0.2, 0) is 22.7 Å². The van der Waals surface area contributed by atoms with Gasteiger partial charge in [0.2, 0.25) is 0 Å². The van der Waals surface area contributed by atoms with Crippen LogP contribution in [0.5, 0.6) is 0 Å². The van der Waals surface area contributed by atoms with E-state index >= 15 is 0 Å². The Hall–Kier alpha value is -3.82. The summed E-state index contributed by atoms with van der Waals surface area (Å²) < 4.78 is 10.6. The molecule has 10 heteroatoms. The van der Waals surface area contributed by atoms with Crippen molar-refractivity contribution < 1.29 is 24.0 Å². The van der Waals surface area contributed by atoms with Crippen LogP contribution in [0.4, 0.5) is 21.0 Å². The lowest BCUT2D eigenvalue weighted by molar-refractivity contribution is -0.384. The fourth-order valence-electron chi connectivity index (χ4n) is 8.59. The molecule has 0 aliphatic heterocycles. The molecule has 2 unspecified atom stereocenters. The molecule has 62 heavy (non-hydrogen) atoms. The van der Waals surface area contributed by atoms with Crippen LogP contribution in [0.25, 0.3) is 0 Å². The van der Waals surface area contributed by atoms with Crippen molar-refractivity contribution >= 4 is 23.6 Å². The van der Waals surface area contributed by atoms with Crippen molar-refractivity contribution in [2.75, 3.05) is 18.8 Å². The maximum atomic E-state index is 12.1. The van der Waals surface area contributed by atoms with E-state index in [-0.39, 0.29) is 25.0 Å². The molecule has 0 spiro atoms. The minimum atomic E-state index is -0.480. The molecule has 352 valence electrons. The third-order valence-corrected chi connectivity index (χ3v) is 12.4. The fourth-order valence-corrected chi connectivity index (χ4v) is 8.59. The molecule has 10 nitrogen and oxygen atoms in total. The summed E-state index contributed by atoms with van der Waals surface area (Å²) in [6, 6.07) is 13.6. The van der Waals surface area contributed by atoms with E-state index < -0.39 is 11.0 Å². The van der Waals surface area contributed by atoms with E-state index in [1.807, 2.05) is 24.3 Å². The van der Waals surface area contributed by atoms with Gasteiger partial charge in [-0.3, -0.25) is 10.1 Å². The molecule has 0 radical (unpaired) electrons. The molecule has 2 rings (SSSR count). The minimum absolute atomic E-state index is 0.00561. The van der Waals surface area contributed by atoms with Crippen LogP contribution in [0.15, 0.2) is 48.5 Å². The molecule has 0 heterocycles. The molecule has 0 aliphatic rings. The quantitative estimate of drug-likeness (QED) is 0.0262. The van der Waals surface area contributed by atoms with Gasteiger partial charge in [0.25, 0.3) is 5.69 Å². The number of nitro groups is 1. The molecule has 0 saturated carbocycles. The summed E-state index contributed by atoms with van der Waals surface area (Å²) in [4.78, 5) is 34.7. The van der Waals surface area contributed by atoms with E-state index in [2.05, 4.69) is 24.5 Å². The van der Waals surface area contributed by atoms with E-state index in [0.29, 0.717) is 24.3 Å². The highest BCUT2D eigenvalue weighted by atomic mass is 16.6. The Labute approximate surface area is 377 Å². The van der Waals surface area contributed by atoms with Gasteiger partial charge in [0.05, 0.1) is 4.92 Å². The summed E-state index contributed by atoms with van der Waals surface area (Å²) in [6.07, 6.45) is 38.3. The number of nitrogen functional groups attached to an aromatic ring is 1. The van der Waals surface area contributed by atoms with Crippen molar-refractivity contribution in [3.8, 4) is 0 Å². The number of hydrogen-bond donors (Lipinski definition) is 3. The Morgan fingerprint density at radius 2 is 0.903 bits per heavy atom. The first-order chi connectivity index (χ1) is 30.3. The number of nitrogens with two attached hydrogens (primary N) is 1. The van der Waals surface area contributed by atoms with Crippen molar-refractivity contribution in [3.63, 3.8) is 0 Å². The zero-order chi connectivity index (χ0) is 44.7. The SMILES string of the molecule is CCCCCCCCC(CCCCCCCCCNC(=O)OCc1ccc(N)cc1)C(CCCCCCCC)CCCCCCCCCNC(=O)OCc1cccc([N+](=O)[O-])c1. The Morgan fingerprint density at radius 3 is 1.31 bits per heavy atom. The van der Waals surface area contributed by atoms with Crippen molar-refractivity contribution in [3.05, 3.63) is 69.8 Å². The number of ether oxygens (including phenoxy) is 2. The molecular formula is C52H88N4O6. The number of hydrogen-bond acceptors (Lipinski definition) is 7. The summed E-state index contributed by atoms with van der Waals surface area (Å²) in [5.41, 5.74) is 7.96. The average Bonchev–Trinajstić information content (AvgIpc) is 3.27. The lowest BCUT2D eigenvalue weighted by Gasteiger charge is -2.28. The Bertz CT molecular complexity index is 1410. The van der Waals surface area contributed by atoms with Gasteiger partial charge >= 0.3 is 12.2 Å². The van der Waals surface area contributed by atoms with Gasteiger partial charge in [-0.2, -0.15) is 0 Å². The van der Waals surface area contributed by atoms with Gasteiger partial charge in [0.15, 0.2) is 0 Å². The molecule has 2 atom stereocenters. The number of alkyl carbamates (subject to hydrolysis) is 2. The molecule has 2 aromatic carbocycles. The third-order valence-electron chi connectivity index (χ3n) is 12.4. The number of nitro benzene ring substituents is 1. The van der Waals surface area contributed by atoms with Crippen LogP contribution in [0.1, 0.15) is 218 Å². The third kappa shape index (κ3) is 29.5. The van der Waals surface area contributed by atoms with Gasteiger partial charge in [0.1, 0.15) is 13.2 Å². The highest BCUT2D eigenvalue weighted by Crippen LogP contribution is 2.34. The number of nitrogens with one attached hydrogen (secondary N) is 2. The van der Waals surface area contributed by atoms with E-state index in [4.69, 9.17) is 15.2 Å². The molecule has 2 aromatic rings. The molecule has 2 amide bonds. The van der Waals surface area contributed by atoms with Gasteiger partial charge in [-0.15, -0.1) is 0 Å². The van der Waals surface area contributed by atoms with Gasteiger partial charge in [0, 0.05) is 30.9 Å². The van der Waals surface area contributed by atoms with Crippen molar-refractivity contribution in [1.82, 2.24) is 10.6 Å². The second-order valence-electron chi connectivity index (χ2n) is 17.8. The summed E-state index contributed by atoms with van der Waals surface area (Å²) in [5, 5.41) is 16.7. The first kappa shape index (κ1) is 54.3. The molecule has 0 saturated heterocycles. The number of amides is 2. The van der Waals surface area contributed by atoms with Gasteiger partial charge in [-0.05, 0) is 47.9 Å². The van der Waals surface area contributed by atoms with Crippen LogP contribution in [-0.4, -0.2) is 30.2 Å². The summed E-state index contributed by atoms with van der Waals surface area (Å²) >= 11 is 0. The first-order valence-corrected chi connectivity index (χ1v) is 25.2. The first-order valence-electron chi connectivity index (χ1n) is 25.2. The lowest BCUT2D eigenvalue weighted by Crippen LogP contribution is -2.25. The number of benzene rings is 2. The number of carbonyl (C=O) groups is 2. The molecule has 0 aromatic heterocycles. The molecule has 4 N–H and O–H groups in total. The second-order valence-corrected chi connectivity index (χ2v) is 17.8.